The minimum Gasteiger partial charge on any atom is -0.497 e. The van der Waals surface area contributed by atoms with E-state index in [4.69, 9.17) is 9.47 Å². The molecule has 0 radical (unpaired) electrons. The van der Waals surface area contributed by atoms with Gasteiger partial charge >= 0.3 is 11.2 Å². The van der Waals surface area contributed by atoms with Crippen molar-refractivity contribution in [2.24, 2.45) is 17.3 Å². The van der Waals surface area contributed by atoms with Gasteiger partial charge in [0.05, 0.1) is 26.6 Å². The van der Waals surface area contributed by atoms with Crippen LogP contribution in [0.5, 0.6) is 11.5 Å². The zero-order valence-electron chi connectivity index (χ0n) is 17.7. The van der Waals surface area contributed by atoms with Crippen LogP contribution in [0, 0.1) is 0 Å². The van der Waals surface area contributed by atoms with Crippen LogP contribution in [0.2, 0.25) is 0 Å². The number of hydrogen-bond acceptors (Lipinski definition) is 7. The van der Waals surface area contributed by atoms with E-state index in [1.165, 1.54) is 28.8 Å². The summed E-state index contributed by atoms with van der Waals surface area (Å²) in [5.41, 5.74) is 0.599. The van der Waals surface area contributed by atoms with Crippen LogP contribution in [0.3, 0.4) is 0 Å². The van der Waals surface area contributed by atoms with Gasteiger partial charge in [-0.3, -0.25) is 9.36 Å². The fraction of sp³-hybridized carbons (Fsp3) is 0.136. The fourth-order valence-electron chi connectivity index (χ4n) is 3.01. The lowest BCUT2D eigenvalue weighted by Gasteiger charge is -2.04. The number of benzene rings is 2. The second-order valence-corrected chi connectivity index (χ2v) is 6.76. The van der Waals surface area contributed by atoms with Crippen molar-refractivity contribution in [3.8, 4) is 11.5 Å². The van der Waals surface area contributed by atoms with E-state index in [2.05, 4.69) is 15.2 Å². The highest BCUT2D eigenvalue weighted by atomic mass is 16.5. The summed E-state index contributed by atoms with van der Waals surface area (Å²) in [6.45, 7) is 0. The molecule has 0 atom stereocenters. The van der Waals surface area contributed by atoms with Gasteiger partial charge in [0.2, 0.25) is 0 Å². The molecule has 0 N–H and O–H groups in total. The maximum atomic E-state index is 13.1. The first-order valence-corrected chi connectivity index (χ1v) is 9.57. The first kappa shape index (κ1) is 20.8. The zero-order chi connectivity index (χ0) is 22.7. The lowest BCUT2D eigenvalue weighted by molar-refractivity contribution is 0.414. The highest BCUT2D eigenvalue weighted by Gasteiger charge is 2.15. The number of rotatable bonds is 6. The Morgan fingerprint density at radius 2 is 1.38 bits per heavy atom. The summed E-state index contributed by atoms with van der Waals surface area (Å²) >= 11 is 0. The summed E-state index contributed by atoms with van der Waals surface area (Å²) in [5.74, 6) is 1.41. The van der Waals surface area contributed by atoms with Crippen LogP contribution in [0.15, 0.2) is 74.7 Å². The Labute approximate surface area is 182 Å². The van der Waals surface area contributed by atoms with Gasteiger partial charge in [-0.15, -0.1) is 4.68 Å². The maximum absolute atomic E-state index is 13.1. The van der Waals surface area contributed by atoms with Crippen molar-refractivity contribution in [1.82, 2.24) is 18.9 Å². The maximum Gasteiger partial charge on any atom is 0.353 e. The molecule has 0 aliphatic heterocycles. The fourth-order valence-corrected chi connectivity index (χ4v) is 3.01. The largest absolute Gasteiger partial charge is 0.497 e. The number of nitrogens with zero attached hydrogens (tertiary/aromatic N) is 6. The third-order valence-corrected chi connectivity index (χ3v) is 4.80. The molecule has 0 bridgehead atoms. The summed E-state index contributed by atoms with van der Waals surface area (Å²) in [5, 5.41) is 8.42. The molecule has 0 amide bonds. The van der Waals surface area contributed by atoms with Crippen molar-refractivity contribution in [2.75, 3.05) is 14.2 Å². The Morgan fingerprint density at radius 1 is 0.844 bits per heavy atom. The average Bonchev–Trinajstić information content (AvgIpc) is 3.26. The molecular formula is C22H20N6O4. The predicted octanol–water partition coefficient (Wildman–Crippen LogP) is 1.68. The van der Waals surface area contributed by atoms with Crippen molar-refractivity contribution in [2.45, 2.75) is 0 Å². The molecule has 162 valence electrons. The second-order valence-electron chi connectivity index (χ2n) is 6.76. The Bertz CT molecular complexity index is 1430. The van der Waals surface area contributed by atoms with Crippen LogP contribution < -0.4 is 20.7 Å². The predicted molar refractivity (Wildman–Crippen MR) is 121 cm³/mol. The standard InChI is InChI=1S/C22H20N6O4/c1-26-20-19(27(14-23-20)24-12-15-4-8-17(31-2)9-5-15)21(29)28(22(26)30)25-13-16-6-10-18(32-3)11-7-16/h4-14H,1-3H3/b24-12+,25-13+. The van der Waals surface area contributed by atoms with Gasteiger partial charge in [-0.05, 0) is 59.7 Å². The van der Waals surface area contributed by atoms with Gasteiger partial charge in [-0.2, -0.15) is 10.2 Å². The lowest BCUT2D eigenvalue weighted by atomic mass is 10.2. The van der Waals surface area contributed by atoms with E-state index in [0.717, 1.165) is 16.0 Å². The molecule has 2 aromatic heterocycles. The number of ether oxygens (including phenoxy) is 2. The van der Waals surface area contributed by atoms with E-state index in [0.29, 0.717) is 11.3 Å². The molecule has 10 nitrogen and oxygen atoms in total. The smallest absolute Gasteiger partial charge is 0.353 e. The Balaban J connectivity index is 1.74. The molecule has 4 rings (SSSR count). The van der Waals surface area contributed by atoms with Crippen LogP contribution in [0.4, 0.5) is 0 Å². The molecule has 2 heterocycles. The second kappa shape index (κ2) is 8.72. The van der Waals surface area contributed by atoms with E-state index >= 15 is 0 Å². The van der Waals surface area contributed by atoms with Gasteiger partial charge < -0.3 is 9.47 Å². The van der Waals surface area contributed by atoms with E-state index in [1.54, 1.807) is 56.8 Å². The van der Waals surface area contributed by atoms with Gasteiger partial charge in [-0.1, -0.05) is 0 Å². The van der Waals surface area contributed by atoms with Crippen LogP contribution >= 0.6 is 0 Å². The highest BCUT2D eigenvalue weighted by molar-refractivity contribution is 5.81. The lowest BCUT2D eigenvalue weighted by Crippen LogP contribution is -2.37. The number of aromatic nitrogens is 4. The third-order valence-electron chi connectivity index (χ3n) is 4.80. The summed E-state index contributed by atoms with van der Waals surface area (Å²) in [7, 11) is 4.68. The van der Waals surface area contributed by atoms with Crippen molar-refractivity contribution in [3.63, 3.8) is 0 Å². The number of hydrogen-bond donors (Lipinski definition) is 0. The van der Waals surface area contributed by atoms with Crippen LogP contribution in [-0.4, -0.2) is 45.6 Å². The molecule has 10 heteroatoms. The minimum absolute atomic E-state index is 0.128. The van der Waals surface area contributed by atoms with Crippen LogP contribution in [0.1, 0.15) is 11.1 Å². The third kappa shape index (κ3) is 3.93. The molecule has 0 spiro atoms. The van der Waals surface area contributed by atoms with Crippen molar-refractivity contribution in [1.29, 1.82) is 0 Å². The topological polar surface area (TPSA) is 105 Å². The van der Waals surface area contributed by atoms with Gasteiger partial charge in [0.25, 0.3) is 0 Å². The molecule has 0 saturated heterocycles. The number of imidazole rings is 1. The molecule has 2 aromatic carbocycles. The van der Waals surface area contributed by atoms with Crippen molar-refractivity contribution >= 4 is 23.6 Å². The van der Waals surface area contributed by atoms with Gasteiger partial charge in [-0.25, -0.2) is 14.5 Å². The first-order chi connectivity index (χ1) is 15.5. The zero-order valence-corrected chi connectivity index (χ0v) is 17.7. The van der Waals surface area contributed by atoms with E-state index in [-0.39, 0.29) is 11.2 Å². The Hall–Kier alpha value is -4.47. The Kier molecular flexibility index (Phi) is 5.67. The molecule has 0 aliphatic carbocycles. The normalized spacial score (nSPS) is 11.6. The molecular weight excluding hydrogens is 412 g/mol. The van der Waals surface area contributed by atoms with E-state index in [9.17, 15) is 9.59 Å². The molecule has 4 aromatic rings. The summed E-state index contributed by atoms with van der Waals surface area (Å²) in [4.78, 5) is 29.9. The van der Waals surface area contributed by atoms with E-state index < -0.39 is 11.2 Å². The van der Waals surface area contributed by atoms with Crippen molar-refractivity contribution in [3.05, 3.63) is 86.8 Å². The molecule has 32 heavy (non-hydrogen) atoms. The quantitative estimate of drug-likeness (QED) is 0.431. The van der Waals surface area contributed by atoms with E-state index in [1.807, 2.05) is 12.1 Å². The molecule has 0 aliphatic rings. The first-order valence-electron chi connectivity index (χ1n) is 9.57. The molecule has 0 unspecified atom stereocenters. The number of methoxy groups -OCH3 is 2. The monoisotopic (exact) mass is 432 g/mol. The summed E-state index contributed by atoms with van der Waals surface area (Å²) in [6.07, 6.45) is 4.38. The van der Waals surface area contributed by atoms with Crippen LogP contribution in [0.25, 0.3) is 11.2 Å². The van der Waals surface area contributed by atoms with Gasteiger partial charge in [0.15, 0.2) is 11.2 Å². The molecule has 0 saturated carbocycles. The summed E-state index contributed by atoms with van der Waals surface area (Å²) < 4.78 is 13.6. The minimum atomic E-state index is -0.628. The van der Waals surface area contributed by atoms with Crippen LogP contribution in [-0.2, 0) is 7.05 Å². The number of fused-ring (bicyclic) bond motifs is 1. The van der Waals surface area contributed by atoms with Gasteiger partial charge in [0.1, 0.15) is 17.8 Å². The molecule has 0 fully saturated rings. The number of aryl methyl sites for hydroxylation is 1. The van der Waals surface area contributed by atoms with Crippen molar-refractivity contribution < 1.29 is 9.47 Å². The summed E-state index contributed by atoms with van der Waals surface area (Å²) in [6, 6.07) is 14.3. The SMILES string of the molecule is COc1ccc(/C=N/n2c(=O)c3c(ncn3/N=C/c3ccc(OC)cc3)n(C)c2=O)cc1. The Morgan fingerprint density at radius 3 is 1.91 bits per heavy atom. The van der Waals surface area contributed by atoms with Gasteiger partial charge in [0, 0.05) is 7.05 Å². The highest BCUT2D eigenvalue weighted by Crippen LogP contribution is 2.11. The average molecular weight is 432 g/mol.